The number of aliphatic hydroxyl groups is 5. The number of rotatable bonds is 45. The molecule has 66 heavy (non-hydrogen) atoms. The second kappa shape index (κ2) is 44.1. The molecule has 6 N–H and O–H groups in total. The van der Waals surface area contributed by atoms with Gasteiger partial charge in [0.25, 0.3) is 0 Å². The van der Waals surface area contributed by atoms with E-state index in [1.54, 1.807) is 12.2 Å². The van der Waals surface area contributed by atoms with Crippen LogP contribution in [0.3, 0.4) is 0 Å². The lowest BCUT2D eigenvalue weighted by Gasteiger charge is -2.41. The summed E-state index contributed by atoms with van der Waals surface area (Å²) in [6.45, 7) is 5.71. The Hall–Kier alpha value is -2.12. The van der Waals surface area contributed by atoms with Crippen LogP contribution in [0.2, 0.25) is 0 Å². The van der Waals surface area contributed by atoms with E-state index in [9.17, 15) is 35.1 Å². The number of ether oxygens (including phenoxy) is 3. The highest BCUT2D eigenvalue weighted by Gasteiger charge is 2.47. The molecule has 0 bridgehead atoms. The van der Waals surface area contributed by atoms with Crippen LogP contribution in [0, 0.1) is 0 Å². The number of allylic oxidation sites excluding steroid dienone is 4. The molecule has 0 aromatic rings. The van der Waals surface area contributed by atoms with E-state index in [1.807, 2.05) is 12.2 Å². The average Bonchev–Trinajstić information content (AvgIpc) is 3.31. The van der Waals surface area contributed by atoms with Crippen molar-refractivity contribution in [1.82, 2.24) is 5.32 Å². The van der Waals surface area contributed by atoms with E-state index < -0.39 is 67.4 Å². The van der Waals surface area contributed by atoms with Gasteiger partial charge in [-0.2, -0.15) is 0 Å². The van der Waals surface area contributed by atoms with Crippen LogP contribution < -0.4 is 5.32 Å². The first kappa shape index (κ1) is 61.9. The number of carbonyl (C=O) groups excluding carboxylic acids is 2. The summed E-state index contributed by atoms with van der Waals surface area (Å²) >= 11 is 0. The number of unbranched alkanes of at least 4 members (excludes halogenated alkanes) is 28. The van der Waals surface area contributed by atoms with Gasteiger partial charge in [-0.1, -0.05) is 224 Å². The summed E-state index contributed by atoms with van der Waals surface area (Å²) < 4.78 is 17.5. The third-order valence-corrected chi connectivity index (χ3v) is 12.8. The van der Waals surface area contributed by atoms with Crippen LogP contribution >= 0.6 is 0 Å². The SMILES string of the molecule is CCCCCCCC/C=C\C/C=C/CC(O)C(=O)NC(COC1OC(CO)C(O)C(O)C1OC(=O)CCCCCCCCCCCCCCCC)C(O)/C=C/CCCCCCCCCCC. The summed E-state index contributed by atoms with van der Waals surface area (Å²) in [6, 6.07) is -1.05. The summed E-state index contributed by atoms with van der Waals surface area (Å²) in [5.74, 6) is -1.26. The molecule has 0 radical (unpaired) electrons. The van der Waals surface area contributed by atoms with Gasteiger partial charge in [0.2, 0.25) is 5.91 Å². The van der Waals surface area contributed by atoms with Crippen molar-refractivity contribution in [1.29, 1.82) is 0 Å². The van der Waals surface area contributed by atoms with E-state index in [0.29, 0.717) is 12.8 Å². The van der Waals surface area contributed by atoms with E-state index in [-0.39, 0.29) is 19.4 Å². The van der Waals surface area contributed by atoms with Crippen molar-refractivity contribution >= 4 is 11.9 Å². The van der Waals surface area contributed by atoms with Crippen molar-refractivity contribution in [2.24, 2.45) is 0 Å². The van der Waals surface area contributed by atoms with Gasteiger partial charge in [0, 0.05) is 12.8 Å². The van der Waals surface area contributed by atoms with Gasteiger partial charge in [-0.25, -0.2) is 0 Å². The lowest BCUT2D eigenvalue weighted by Crippen LogP contribution is -2.61. The zero-order valence-corrected chi connectivity index (χ0v) is 42.3. The van der Waals surface area contributed by atoms with Crippen LogP contribution in [-0.2, 0) is 23.8 Å². The molecule has 8 unspecified atom stereocenters. The van der Waals surface area contributed by atoms with Crippen molar-refractivity contribution < 1.29 is 49.3 Å². The van der Waals surface area contributed by atoms with Crippen molar-refractivity contribution in [2.75, 3.05) is 13.2 Å². The van der Waals surface area contributed by atoms with Crippen molar-refractivity contribution in [3.05, 3.63) is 36.5 Å². The molecule has 1 heterocycles. The molecule has 0 saturated carbocycles. The molecule has 1 fully saturated rings. The van der Waals surface area contributed by atoms with Crippen LogP contribution in [0.15, 0.2) is 36.5 Å². The van der Waals surface area contributed by atoms with E-state index in [2.05, 4.69) is 38.2 Å². The maximum Gasteiger partial charge on any atom is 0.306 e. The van der Waals surface area contributed by atoms with Gasteiger partial charge in [-0.3, -0.25) is 9.59 Å². The van der Waals surface area contributed by atoms with Crippen LogP contribution in [0.25, 0.3) is 0 Å². The van der Waals surface area contributed by atoms with Crippen molar-refractivity contribution in [3.63, 3.8) is 0 Å². The molecule has 11 heteroatoms. The van der Waals surface area contributed by atoms with Crippen LogP contribution in [0.4, 0.5) is 0 Å². The number of hydrogen-bond acceptors (Lipinski definition) is 10. The number of amides is 1. The van der Waals surface area contributed by atoms with Gasteiger partial charge in [0.05, 0.1) is 25.4 Å². The fraction of sp³-hybridized carbons (Fsp3) is 0.855. The van der Waals surface area contributed by atoms with Gasteiger partial charge in [0.1, 0.15) is 24.4 Å². The maximum absolute atomic E-state index is 13.3. The first-order chi connectivity index (χ1) is 32.2. The molecular formula is C55H101NO10. The highest BCUT2D eigenvalue weighted by Crippen LogP contribution is 2.26. The van der Waals surface area contributed by atoms with E-state index in [1.165, 1.54) is 148 Å². The van der Waals surface area contributed by atoms with Gasteiger partial charge in [-0.15, -0.1) is 0 Å². The molecule has 1 aliphatic heterocycles. The molecular weight excluding hydrogens is 835 g/mol. The molecule has 8 atom stereocenters. The van der Waals surface area contributed by atoms with E-state index >= 15 is 0 Å². The highest BCUT2D eigenvalue weighted by atomic mass is 16.7. The molecule has 11 nitrogen and oxygen atoms in total. The minimum Gasteiger partial charge on any atom is -0.454 e. The van der Waals surface area contributed by atoms with E-state index in [4.69, 9.17) is 14.2 Å². The molecule has 0 aromatic carbocycles. The quantitative estimate of drug-likeness (QED) is 0.0196. The van der Waals surface area contributed by atoms with Gasteiger partial charge in [-0.05, 0) is 38.5 Å². The topological polar surface area (TPSA) is 175 Å². The third-order valence-electron chi connectivity index (χ3n) is 12.8. The fourth-order valence-corrected chi connectivity index (χ4v) is 8.40. The molecule has 0 aromatic heterocycles. The smallest absolute Gasteiger partial charge is 0.306 e. The Bertz CT molecular complexity index is 1210. The highest BCUT2D eigenvalue weighted by molar-refractivity contribution is 5.81. The Kier molecular flexibility index (Phi) is 41.4. The van der Waals surface area contributed by atoms with Gasteiger partial charge in [0.15, 0.2) is 12.4 Å². The maximum atomic E-state index is 13.3. The third kappa shape index (κ3) is 32.6. The van der Waals surface area contributed by atoms with Crippen LogP contribution in [-0.4, -0.2) is 99.6 Å². The second-order valence-corrected chi connectivity index (χ2v) is 19.0. The summed E-state index contributed by atoms with van der Waals surface area (Å²) in [6.07, 6.45) is 39.3. The Morgan fingerprint density at radius 2 is 1.05 bits per heavy atom. The molecule has 386 valence electrons. The predicted octanol–water partition coefficient (Wildman–Crippen LogP) is 11.6. The normalized spacial score (nSPS) is 20.4. The summed E-state index contributed by atoms with van der Waals surface area (Å²) in [5, 5.41) is 56.5. The number of hydrogen-bond donors (Lipinski definition) is 6. The average molecular weight is 936 g/mol. The van der Waals surface area contributed by atoms with Gasteiger partial charge < -0.3 is 45.1 Å². The molecule has 0 aliphatic carbocycles. The van der Waals surface area contributed by atoms with Gasteiger partial charge >= 0.3 is 5.97 Å². The van der Waals surface area contributed by atoms with Crippen molar-refractivity contribution in [3.8, 4) is 0 Å². The first-order valence-electron chi connectivity index (χ1n) is 27.3. The standard InChI is InChI=1S/C55H101NO10/c1-4-7-10-13-16-19-22-24-25-28-31-34-37-40-43-50(60)66-53-52(62)51(61)49(44-57)65-55(53)64-45-46(47(58)41-38-35-32-29-26-21-18-15-12-9-6-3)56-54(63)48(59)42-39-36-33-30-27-23-20-17-14-11-8-5-2/h27,30,36,38-39,41,46-49,51-53,55,57-59,61-62H,4-26,28-29,31-35,37,40,42-45H2,1-3H3,(H,56,63)/b30-27-,39-36+,41-38+. The lowest BCUT2D eigenvalue weighted by atomic mass is 9.99. The van der Waals surface area contributed by atoms with E-state index in [0.717, 1.165) is 44.9 Å². The lowest BCUT2D eigenvalue weighted by molar-refractivity contribution is -0.305. The number of esters is 1. The monoisotopic (exact) mass is 936 g/mol. The zero-order chi connectivity index (χ0) is 48.3. The zero-order valence-electron chi connectivity index (χ0n) is 42.3. The largest absolute Gasteiger partial charge is 0.454 e. The number of nitrogens with one attached hydrogen (secondary N) is 1. The number of aliphatic hydroxyl groups excluding tert-OH is 5. The Morgan fingerprint density at radius 3 is 1.55 bits per heavy atom. The second-order valence-electron chi connectivity index (χ2n) is 19.0. The first-order valence-corrected chi connectivity index (χ1v) is 27.3. The van der Waals surface area contributed by atoms with Crippen LogP contribution in [0.5, 0.6) is 0 Å². The Labute approximate surface area is 403 Å². The summed E-state index contributed by atoms with van der Waals surface area (Å²) in [5.41, 5.74) is 0. The molecule has 0 spiro atoms. The van der Waals surface area contributed by atoms with Crippen molar-refractivity contribution in [2.45, 2.75) is 288 Å². The molecule has 1 rings (SSSR count). The molecule has 1 amide bonds. The predicted molar refractivity (Wildman–Crippen MR) is 269 cm³/mol. The minimum atomic E-state index is -1.62. The molecule has 1 aliphatic rings. The fourth-order valence-electron chi connectivity index (χ4n) is 8.40. The number of carbonyl (C=O) groups is 2. The Morgan fingerprint density at radius 1 is 0.591 bits per heavy atom. The Balaban J connectivity index is 2.78. The van der Waals surface area contributed by atoms with Crippen LogP contribution in [0.1, 0.15) is 239 Å². The minimum absolute atomic E-state index is 0.0839. The summed E-state index contributed by atoms with van der Waals surface area (Å²) in [4.78, 5) is 26.3. The molecule has 1 saturated heterocycles. The summed E-state index contributed by atoms with van der Waals surface area (Å²) in [7, 11) is 0.